The normalized spacial score (nSPS) is 14.1. The van der Waals surface area contributed by atoms with Crippen LogP contribution in [0.3, 0.4) is 0 Å². The number of nitrogens with one attached hydrogen (secondary N) is 3. The SMILES string of the molecule is Clc1ccc2cc(Nc3ccc4c(c3)CCNC4)[nH]c2c1. The molecule has 0 fully saturated rings. The Morgan fingerprint density at radius 3 is 2.90 bits per heavy atom. The maximum atomic E-state index is 6.02. The Kier molecular flexibility index (Phi) is 3.09. The molecule has 0 saturated heterocycles. The summed E-state index contributed by atoms with van der Waals surface area (Å²) in [6.45, 7) is 2.03. The summed E-state index contributed by atoms with van der Waals surface area (Å²) in [4.78, 5) is 3.36. The van der Waals surface area contributed by atoms with Crippen LogP contribution < -0.4 is 10.6 Å². The molecule has 3 nitrogen and oxygen atoms in total. The second kappa shape index (κ2) is 5.10. The summed E-state index contributed by atoms with van der Waals surface area (Å²) in [5.41, 5.74) is 4.99. The molecule has 3 aromatic rings. The molecule has 0 saturated carbocycles. The summed E-state index contributed by atoms with van der Waals surface area (Å²) >= 11 is 6.02. The average Bonchev–Trinajstić information content (AvgIpc) is 2.88. The van der Waals surface area contributed by atoms with Crippen LogP contribution in [0.25, 0.3) is 10.9 Å². The molecule has 0 spiro atoms. The largest absolute Gasteiger partial charge is 0.342 e. The lowest BCUT2D eigenvalue weighted by Crippen LogP contribution is -2.23. The molecule has 0 atom stereocenters. The second-order valence-electron chi connectivity index (χ2n) is 5.45. The number of hydrogen-bond acceptors (Lipinski definition) is 2. The Balaban J connectivity index is 1.64. The number of aromatic amines is 1. The van der Waals surface area contributed by atoms with Crippen molar-refractivity contribution in [2.75, 3.05) is 11.9 Å². The Bertz CT molecular complexity index is 807. The maximum Gasteiger partial charge on any atom is 0.108 e. The molecule has 0 amide bonds. The molecular weight excluding hydrogens is 282 g/mol. The number of anilines is 2. The van der Waals surface area contributed by atoms with Crippen LogP contribution in [0.2, 0.25) is 5.02 Å². The van der Waals surface area contributed by atoms with E-state index >= 15 is 0 Å². The van der Waals surface area contributed by atoms with Gasteiger partial charge in [0.2, 0.25) is 0 Å². The van der Waals surface area contributed by atoms with Crippen molar-refractivity contribution < 1.29 is 0 Å². The first kappa shape index (κ1) is 12.7. The number of fused-ring (bicyclic) bond motifs is 2. The van der Waals surface area contributed by atoms with Crippen molar-refractivity contribution in [1.29, 1.82) is 0 Å². The van der Waals surface area contributed by atoms with Gasteiger partial charge in [-0.2, -0.15) is 0 Å². The fourth-order valence-corrected chi connectivity index (χ4v) is 3.05. The molecule has 21 heavy (non-hydrogen) atoms. The van der Waals surface area contributed by atoms with Gasteiger partial charge in [0.05, 0.1) is 0 Å². The summed E-state index contributed by atoms with van der Waals surface area (Å²) < 4.78 is 0. The number of aromatic nitrogens is 1. The molecule has 1 aromatic heterocycles. The number of halogens is 1. The van der Waals surface area contributed by atoms with Gasteiger partial charge >= 0.3 is 0 Å². The lowest BCUT2D eigenvalue weighted by atomic mass is 10.0. The smallest absolute Gasteiger partial charge is 0.108 e. The lowest BCUT2D eigenvalue weighted by Gasteiger charge is -2.18. The van der Waals surface area contributed by atoms with E-state index < -0.39 is 0 Å². The van der Waals surface area contributed by atoms with Gasteiger partial charge in [0.1, 0.15) is 5.82 Å². The molecule has 0 unspecified atom stereocenters. The highest BCUT2D eigenvalue weighted by Crippen LogP contribution is 2.26. The van der Waals surface area contributed by atoms with Crippen molar-refractivity contribution in [3.05, 3.63) is 58.6 Å². The number of benzene rings is 2. The zero-order valence-corrected chi connectivity index (χ0v) is 12.3. The van der Waals surface area contributed by atoms with Gasteiger partial charge in [-0.1, -0.05) is 23.7 Å². The molecule has 0 aliphatic carbocycles. The van der Waals surface area contributed by atoms with Crippen LogP contribution in [0.5, 0.6) is 0 Å². The topological polar surface area (TPSA) is 39.8 Å². The van der Waals surface area contributed by atoms with Gasteiger partial charge in [-0.25, -0.2) is 0 Å². The summed E-state index contributed by atoms with van der Waals surface area (Å²) in [7, 11) is 0. The highest BCUT2D eigenvalue weighted by Gasteiger charge is 2.09. The quantitative estimate of drug-likeness (QED) is 0.663. The molecule has 4 rings (SSSR count). The third-order valence-electron chi connectivity index (χ3n) is 3.96. The summed E-state index contributed by atoms with van der Waals surface area (Å²) in [6.07, 6.45) is 1.09. The number of H-pyrrole nitrogens is 1. The van der Waals surface area contributed by atoms with Crippen LogP contribution in [0.4, 0.5) is 11.5 Å². The molecular formula is C17H16ClN3. The Morgan fingerprint density at radius 2 is 1.95 bits per heavy atom. The zero-order valence-electron chi connectivity index (χ0n) is 11.5. The fourth-order valence-electron chi connectivity index (χ4n) is 2.88. The van der Waals surface area contributed by atoms with Gasteiger partial charge in [0.15, 0.2) is 0 Å². The molecule has 1 aliphatic heterocycles. The minimum atomic E-state index is 0.747. The van der Waals surface area contributed by atoms with Crippen molar-refractivity contribution >= 4 is 34.0 Å². The molecule has 3 N–H and O–H groups in total. The van der Waals surface area contributed by atoms with E-state index in [-0.39, 0.29) is 0 Å². The van der Waals surface area contributed by atoms with Crippen LogP contribution >= 0.6 is 11.6 Å². The standard InChI is InChI=1S/C17H16ClN3/c18-14-3-1-12-8-17(21-16(12)9-14)20-15-4-2-13-10-19-6-5-11(13)7-15/h1-4,7-9,19-21H,5-6,10H2. The van der Waals surface area contributed by atoms with Gasteiger partial charge in [0.25, 0.3) is 0 Å². The number of rotatable bonds is 2. The molecule has 2 aromatic carbocycles. The van der Waals surface area contributed by atoms with E-state index in [1.54, 1.807) is 0 Å². The highest BCUT2D eigenvalue weighted by molar-refractivity contribution is 6.31. The van der Waals surface area contributed by atoms with E-state index in [2.05, 4.69) is 39.9 Å². The summed E-state index contributed by atoms with van der Waals surface area (Å²) in [5.74, 6) is 0.987. The molecule has 0 radical (unpaired) electrons. The van der Waals surface area contributed by atoms with Crippen LogP contribution in [0, 0.1) is 0 Å². The van der Waals surface area contributed by atoms with E-state index in [4.69, 9.17) is 11.6 Å². The number of hydrogen-bond donors (Lipinski definition) is 3. The lowest BCUT2D eigenvalue weighted by molar-refractivity contribution is 0.644. The highest BCUT2D eigenvalue weighted by atomic mass is 35.5. The predicted octanol–water partition coefficient (Wildman–Crippen LogP) is 4.21. The second-order valence-corrected chi connectivity index (χ2v) is 5.89. The van der Waals surface area contributed by atoms with Gasteiger partial charge < -0.3 is 15.6 Å². The van der Waals surface area contributed by atoms with Crippen LogP contribution in [0.1, 0.15) is 11.1 Å². The zero-order chi connectivity index (χ0) is 14.2. The minimum absolute atomic E-state index is 0.747. The maximum absolute atomic E-state index is 6.02. The average molecular weight is 298 g/mol. The van der Waals surface area contributed by atoms with E-state index in [1.165, 1.54) is 11.1 Å². The van der Waals surface area contributed by atoms with E-state index in [9.17, 15) is 0 Å². The molecule has 106 valence electrons. The predicted molar refractivity (Wildman–Crippen MR) is 88.4 cm³/mol. The van der Waals surface area contributed by atoms with Crippen molar-refractivity contribution in [2.45, 2.75) is 13.0 Å². The van der Waals surface area contributed by atoms with E-state index in [0.29, 0.717) is 0 Å². The Hall–Kier alpha value is -1.97. The van der Waals surface area contributed by atoms with Crippen molar-refractivity contribution in [3.63, 3.8) is 0 Å². The Morgan fingerprint density at radius 1 is 1.00 bits per heavy atom. The fraction of sp³-hybridized carbons (Fsp3) is 0.176. The molecule has 0 bridgehead atoms. The summed E-state index contributed by atoms with van der Waals surface area (Å²) in [5, 5.41) is 8.74. The van der Waals surface area contributed by atoms with Gasteiger partial charge in [-0.05, 0) is 54.4 Å². The van der Waals surface area contributed by atoms with Gasteiger partial charge in [-0.3, -0.25) is 0 Å². The van der Waals surface area contributed by atoms with Crippen molar-refractivity contribution in [3.8, 4) is 0 Å². The summed E-state index contributed by atoms with van der Waals surface area (Å²) in [6, 6.07) is 14.6. The minimum Gasteiger partial charge on any atom is -0.342 e. The first-order chi connectivity index (χ1) is 10.3. The Labute approximate surface area is 128 Å². The third-order valence-corrected chi connectivity index (χ3v) is 4.19. The van der Waals surface area contributed by atoms with Crippen LogP contribution in [-0.4, -0.2) is 11.5 Å². The molecule has 2 heterocycles. The third kappa shape index (κ3) is 2.50. The first-order valence-corrected chi connectivity index (χ1v) is 7.53. The van der Waals surface area contributed by atoms with Gasteiger partial charge in [0, 0.05) is 28.2 Å². The van der Waals surface area contributed by atoms with Crippen LogP contribution in [0.15, 0.2) is 42.5 Å². The monoisotopic (exact) mass is 297 g/mol. The molecule has 1 aliphatic rings. The van der Waals surface area contributed by atoms with Crippen molar-refractivity contribution in [1.82, 2.24) is 10.3 Å². The van der Waals surface area contributed by atoms with E-state index in [1.807, 2.05) is 18.2 Å². The van der Waals surface area contributed by atoms with E-state index in [0.717, 1.165) is 46.9 Å². The van der Waals surface area contributed by atoms with Crippen molar-refractivity contribution in [2.24, 2.45) is 0 Å². The van der Waals surface area contributed by atoms with Crippen LogP contribution in [-0.2, 0) is 13.0 Å². The molecule has 4 heteroatoms. The first-order valence-electron chi connectivity index (χ1n) is 7.16. The van der Waals surface area contributed by atoms with Gasteiger partial charge in [-0.15, -0.1) is 0 Å².